The molecule has 0 bridgehead atoms. The first-order valence-electron chi connectivity index (χ1n) is 8.10. The number of halogens is 4. The lowest BCUT2D eigenvalue weighted by Crippen LogP contribution is -2.36. The molecule has 8 heteroatoms. The fourth-order valence-corrected chi connectivity index (χ4v) is 3.17. The zero-order valence-corrected chi connectivity index (χ0v) is 13.2. The summed E-state index contributed by atoms with van der Waals surface area (Å²) in [6.07, 6.45) is 2.47. The van der Waals surface area contributed by atoms with Crippen molar-refractivity contribution in [2.24, 2.45) is 0 Å². The molecule has 1 aromatic heterocycles. The molecule has 1 aromatic carbocycles. The smallest absolute Gasteiger partial charge is 0.255 e. The molecule has 1 aliphatic carbocycles. The normalized spacial score (nSPS) is 17.6. The van der Waals surface area contributed by atoms with Gasteiger partial charge in [0.2, 0.25) is 0 Å². The Kier molecular flexibility index (Phi) is 3.87. The molecule has 0 saturated heterocycles. The fraction of sp³-hybridized carbons (Fsp3) is 0.412. The Morgan fingerprint density at radius 2 is 1.84 bits per heavy atom. The molecule has 4 rings (SSSR count). The van der Waals surface area contributed by atoms with Crippen LogP contribution >= 0.6 is 0 Å². The molecule has 132 valence electrons. The van der Waals surface area contributed by atoms with Crippen molar-refractivity contribution in [3.05, 3.63) is 62.3 Å². The minimum atomic E-state index is -1.43. The Bertz CT molecular complexity index is 881. The van der Waals surface area contributed by atoms with Crippen LogP contribution in [-0.2, 0) is 19.5 Å². The van der Waals surface area contributed by atoms with Gasteiger partial charge in [-0.05, 0) is 12.8 Å². The van der Waals surface area contributed by atoms with Crippen LogP contribution in [0.2, 0.25) is 0 Å². The van der Waals surface area contributed by atoms with E-state index in [0.29, 0.717) is 36.0 Å². The summed E-state index contributed by atoms with van der Waals surface area (Å²) in [7, 11) is 0. The average molecular weight is 353 g/mol. The van der Waals surface area contributed by atoms with Gasteiger partial charge < -0.3 is 4.98 Å². The third kappa shape index (κ3) is 2.95. The van der Waals surface area contributed by atoms with Gasteiger partial charge in [0.05, 0.1) is 11.3 Å². The number of aromatic amines is 1. The van der Waals surface area contributed by atoms with Gasteiger partial charge in [0.1, 0.15) is 5.82 Å². The summed E-state index contributed by atoms with van der Waals surface area (Å²) < 4.78 is 54.3. The molecule has 1 N–H and O–H groups in total. The molecular formula is C17H15F4N3O. The van der Waals surface area contributed by atoms with Crippen molar-refractivity contribution in [3.63, 3.8) is 0 Å². The van der Waals surface area contributed by atoms with Gasteiger partial charge in [0.15, 0.2) is 23.3 Å². The molecule has 2 aliphatic rings. The molecule has 1 saturated carbocycles. The van der Waals surface area contributed by atoms with E-state index in [-0.39, 0.29) is 24.7 Å². The largest absolute Gasteiger partial charge is 0.310 e. The molecule has 4 nitrogen and oxygen atoms in total. The third-order valence-electron chi connectivity index (χ3n) is 4.71. The van der Waals surface area contributed by atoms with Gasteiger partial charge in [-0.2, -0.15) is 0 Å². The number of rotatable bonds is 3. The summed E-state index contributed by atoms with van der Waals surface area (Å²) in [5.74, 6) is -4.66. The van der Waals surface area contributed by atoms with Crippen molar-refractivity contribution < 1.29 is 17.6 Å². The maximum Gasteiger partial charge on any atom is 0.255 e. The molecule has 0 amide bonds. The van der Waals surface area contributed by atoms with Gasteiger partial charge in [-0.15, -0.1) is 0 Å². The quantitative estimate of drug-likeness (QED) is 0.682. The Morgan fingerprint density at radius 3 is 2.48 bits per heavy atom. The van der Waals surface area contributed by atoms with Crippen LogP contribution < -0.4 is 5.56 Å². The van der Waals surface area contributed by atoms with E-state index < -0.39 is 28.8 Å². The maximum absolute atomic E-state index is 13.8. The van der Waals surface area contributed by atoms with Crippen LogP contribution in [0.3, 0.4) is 0 Å². The van der Waals surface area contributed by atoms with E-state index in [9.17, 15) is 22.4 Å². The lowest BCUT2D eigenvalue weighted by atomic mass is 10.1. The number of hydrogen-bond acceptors (Lipinski definition) is 3. The topological polar surface area (TPSA) is 49.0 Å². The highest BCUT2D eigenvalue weighted by atomic mass is 19.2. The molecule has 0 unspecified atom stereocenters. The lowest BCUT2D eigenvalue weighted by molar-refractivity contribution is 0.231. The monoisotopic (exact) mass is 353 g/mol. The highest BCUT2D eigenvalue weighted by Gasteiger charge is 2.30. The number of fused-ring (bicyclic) bond motifs is 1. The highest BCUT2D eigenvalue weighted by Crippen LogP contribution is 2.37. The van der Waals surface area contributed by atoms with Gasteiger partial charge in [0.25, 0.3) is 5.56 Å². The Labute approximate surface area is 140 Å². The molecule has 0 radical (unpaired) electrons. The molecule has 0 spiro atoms. The first kappa shape index (κ1) is 16.3. The second-order valence-corrected chi connectivity index (χ2v) is 6.56. The summed E-state index contributed by atoms with van der Waals surface area (Å²) in [5, 5.41) is 0. The van der Waals surface area contributed by atoms with E-state index in [1.54, 1.807) is 4.90 Å². The minimum Gasteiger partial charge on any atom is -0.310 e. The fourth-order valence-electron chi connectivity index (χ4n) is 3.17. The van der Waals surface area contributed by atoms with Crippen LogP contribution in [0.5, 0.6) is 0 Å². The van der Waals surface area contributed by atoms with E-state index in [2.05, 4.69) is 9.97 Å². The molecule has 1 aliphatic heterocycles. The van der Waals surface area contributed by atoms with Crippen LogP contribution in [0.25, 0.3) is 0 Å². The zero-order chi connectivity index (χ0) is 17.7. The van der Waals surface area contributed by atoms with Crippen molar-refractivity contribution in [1.82, 2.24) is 14.9 Å². The summed E-state index contributed by atoms with van der Waals surface area (Å²) in [4.78, 5) is 21.1. The SMILES string of the molecule is O=c1[nH]c(C2CC2)nc2c1CN(Cc1c(F)c(F)cc(F)c1F)CC2. The Balaban J connectivity index is 1.61. The second kappa shape index (κ2) is 5.94. The lowest BCUT2D eigenvalue weighted by Gasteiger charge is -2.28. The van der Waals surface area contributed by atoms with Crippen molar-refractivity contribution in [1.29, 1.82) is 0 Å². The minimum absolute atomic E-state index is 0.125. The van der Waals surface area contributed by atoms with E-state index in [1.807, 2.05) is 0 Å². The standard InChI is InChI=1S/C17H15F4N3O/c18-11-5-12(19)15(21)10(14(11)20)7-24-4-3-13-9(6-24)17(25)23-16(22-13)8-1-2-8/h5,8H,1-4,6-7H2,(H,22,23,25). The maximum atomic E-state index is 13.8. The van der Waals surface area contributed by atoms with Crippen molar-refractivity contribution in [2.75, 3.05) is 6.54 Å². The van der Waals surface area contributed by atoms with Crippen LogP contribution in [0, 0.1) is 23.3 Å². The van der Waals surface area contributed by atoms with Gasteiger partial charge in [-0.3, -0.25) is 9.69 Å². The number of nitrogens with zero attached hydrogens (tertiary/aromatic N) is 2. The van der Waals surface area contributed by atoms with Gasteiger partial charge in [-0.1, -0.05) is 0 Å². The predicted molar refractivity (Wildman–Crippen MR) is 80.9 cm³/mol. The third-order valence-corrected chi connectivity index (χ3v) is 4.71. The van der Waals surface area contributed by atoms with E-state index in [0.717, 1.165) is 12.8 Å². The zero-order valence-electron chi connectivity index (χ0n) is 13.2. The molecule has 1 fully saturated rings. The molecule has 0 atom stereocenters. The molecule has 2 aromatic rings. The molecule has 25 heavy (non-hydrogen) atoms. The predicted octanol–water partition coefficient (Wildman–Crippen LogP) is 2.76. The van der Waals surface area contributed by atoms with Gasteiger partial charge in [0, 0.05) is 43.6 Å². The number of hydrogen-bond donors (Lipinski definition) is 1. The van der Waals surface area contributed by atoms with Crippen LogP contribution in [0.15, 0.2) is 10.9 Å². The number of H-pyrrole nitrogens is 1. The summed E-state index contributed by atoms with van der Waals surface area (Å²) in [6, 6.07) is 0.188. The van der Waals surface area contributed by atoms with Crippen LogP contribution in [-0.4, -0.2) is 21.4 Å². The highest BCUT2D eigenvalue weighted by molar-refractivity contribution is 5.25. The van der Waals surface area contributed by atoms with Crippen molar-refractivity contribution >= 4 is 0 Å². The summed E-state index contributed by atoms with van der Waals surface area (Å²) in [5.41, 5.74) is 0.199. The van der Waals surface area contributed by atoms with E-state index in [4.69, 9.17) is 0 Å². The van der Waals surface area contributed by atoms with Crippen LogP contribution in [0.4, 0.5) is 17.6 Å². The van der Waals surface area contributed by atoms with Crippen molar-refractivity contribution in [3.8, 4) is 0 Å². The number of benzene rings is 1. The number of aromatic nitrogens is 2. The van der Waals surface area contributed by atoms with Crippen LogP contribution in [0.1, 0.15) is 41.4 Å². The van der Waals surface area contributed by atoms with Gasteiger partial charge >= 0.3 is 0 Å². The van der Waals surface area contributed by atoms with E-state index in [1.165, 1.54) is 0 Å². The first-order valence-corrected chi connectivity index (χ1v) is 8.10. The molecule has 2 heterocycles. The molecular weight excluding hydrogens is 338 g/mol. The summed E-state index contributed by atoms with van der Waals surface area (Å²) in [6.45, 7) is 0.194. The first-order chi connectivity index (χ1) is 11.9. The Morgan fingerprint density at radius 1 is 1.16 bits per heavy atom. The Hall–Kier alpha value is -2.22. The van der Waals surface area contributed by atoms with E-state index >= 15 is 0 Å². The number of nitrogens with one attached hydrogen (secondary N) is 1. The van der Waals surface area contributed by atoms with Gasteiger partial charge in [-0.25, -0.2) is 22.5 Å². The van der Waals surface area contributed by atoms with Crippen molar-refractivity contribution in [2.45, 2.75) is 38.3 Å². The summed E-state index contributed by atoms with van der Waals surface area (Å²) >= 11 is 0. The average Bonchev–Trinajstić information content (AvgIpc) is 3.42. The second-order valence-electron chi connectivity index (χ2n) is 6.56.